The minimum Gasteiger partial charge on any atom is -0.394 e. The molecule has 0 aromatic carbocycles. The van der Waals surface area contributed by atoms with E-state index < -0.39 is 124 Å². The lowest BCUT2D eigenvalue weighted by Crippen LogP contribution is -2.66. The zero-order chi connectivity index (χ0) is 73.2. The van der Waals surface area contributed by atoms with E-state index in [4.69, 9.17) is 28.4 Å². The predicted molar refractivity (Wildman–Crippen MR) is 402 cm³/mol. The predicted octanol–water partition coefficient (Wildman–Crippen LogP) is 15.0. The number of amides is 1. The van der Waals surface area contributed by atoms with Gasteiger partial charge in [-0.3, -0.25) is 4.79 Å². The maximum Gasteiger partial charge on any atom is 0.220 e. The van der Waals surface area contributed by atoms with Gasteiger partial charge in [0.05, 0.1) is 38.6 Å². The van der Waals surface area contributed by atoms with Crippen LogP contribution in [0, 0.1) is 0 Å². The summed E-state index contributed by atoms with van der Waals surface area (Å²) in [5.74, 6) is -0.232. The van der Waals surface area contributed by atoms with Gasteiger partial charge in [-0.1, -0.05) is 367 Å². The average molecular weight is 1450 g/mol. The first-order valence-electron chi connectivity index (χ1n) is 42.8. The fourth-order valence-corrected chi connectivity index (χ4v) is 15.1. The highest BCUT2D eigenvalue weighted by atomic mass is 16.8. The molecule has 0 aromatic heterocycles. The Morgan fingerprint density at radius 2 is 0.564 bits per heavy atom. The Morgan fingerprint density at radius 3 is 0.861 bits per heavy atom. The number of nitrogens with one attached hydrogen (secondary N) is 1. The number of carbonyl (C=O) groups excluding carboxylic acids is 1. The summed E-state index contributed by atoms with van der Waals surface area (Å²) in [6.07, 6.45) is 47.9. The SMILES string of the molecule is CCCCCCCCCCCCCCCCCCCCCCCCCCCCCCCCCCCCCCC(=O)NC(COC1OC(CO)C(OC2OC(CO)C(OC3OC(CO)C(O)C(O)C3O)C(O)C2O)C(O)C1O)C(O)CCCCCCCCCCCCCCCCCCCCCC. The van der Waals surface area contributed by atoms with Crippen LogP contribution in [0.5, 0.6) is 0 Å². The molecule has 3 heterocycles. The Labute approximate surface area is 614 Å². The van der Waals surface area contributed by atoms with Crippen LogP contribution in [-0.4, -0.2) is 193 Å². The maximum atomic E-state index is 13.5. The number of rotatable bonds is 70. The van der Waals surface area contributed by atoms with Crippen molar-refractivity contribution in [3.8, 4) is 0 Å². The lowest BCUT2D eigenvalue weighted by Gasteiger charge is -2.48. The molecule has 0 radical (unpaired) electrons. The van der Waals surface area contributed by atoms with Gasteiger partial charge in [-0.15, -0.1) is 0 Å². The van der Waals surface area contributed by atoms with E-state index in [2.05, 4.69) is 19.2 Å². The van der Waals surface area contributed by atoms with Gasteiger partial charge in [0.2, 0.25) is 5.91 Å². The highest BCUT2D eigenvalue weighted by molar-refractivity contribution is 5.76. The van der Waals surface area contributed by atoms with Gasteiger partial charge in [0.15, 0.2) is 18.9 Å². The Hall–Kier alpha value is -1.21. The smallest absolute Gasteiger partial charge is 0.220 e. The van der Waals surface area contributed by atoms with Gasteiger partial charge in [0, 0.05) is 6.42 Å². The Morgan fingerprint density at radius 1 is 0.317 bits per heavy atom. The number of hydrogen-bond acceptors (Lipinski definition) is 18. The van der Waals surface area contributed by atoms with Gasteiger partial charge >= 0.3 is 0 Å². The molecule has 0 spiro atoms. The first-order chi connectivity index (χ1) is 49.3. The molecule has 0 aliphatic carbocycles. The van der Waals surface area contributed by atoms with Crippen LogP contribution in [0.3, 0.4) is 0 Å². The van der Waals surface area contributed by atoms with E-state index >= 15 is 0 Å². The van der Waals surface area contributed by atoms with Crippen LogP contribution in [0.15, 0.2) is 0 Å². The lowest BCUT2D eigenvalue weighted by molar-refractivity contribution is -0.379. The van der Waals surface area contributed by atoms with Crippen molar-refractivity contribution in [2.45, 2.75) is 491 Å². The number of carbonyl (C=O) groups is 1. The molecule has 19 nitrogen and oxygen atoms in total. The molecule has 101 heavy (non-hydrogen) atoms. The molecular weight excluding hydrogens is 1290 g/mol. The van der Waals surface area contributed by atoms with E-state index in [0.717, 1.165) is 44.9 Å². The number of aliphatic hydroxyl groups is 11. The van der Waals surface area contributed by atoms with Gasteiger partial charge in [-0.25, -0.2) is 0 Å². The first kappa shape index (κ1) is 94.0. The normalized spacial score (nSPS) is 26.2. The molecule has 0 bridgehead atoms. The molecule has 3 rings (SSSR count). The van der Waals surface area contributed by atoms with Crippen molar-refractivity contribution in [1.29, 1.82) is 0 Å². The summed E-state index contributed by atoms with van der Waals surface area (Å²) in [4.78, 5) is 13.5. The summed E-state index contributed by atoms with van der Waals surface area (Å²) in [5, 5.41) is 121. The van der Waals surface area contributed by atoms with Crippen molar-refractivity contribution < 1.29 is 89.4 Å². The third-order valence-corrected chi connectivity index (χ3v) is 21.9. The quantitative estimate of drug-likeness (QED) is 0.0252. The van der Waals surface area contributed by atoms with E-state index in [1.807, 2.05) is 0 Å². The van der Waals surface area contributed by atoms with Crippen LogP contribution in [-0.2, 0) is 33.2 Å². The molecule has 3 aliphatic rings. The lowest BCUT2D eigenvalue weighted by atomic mass is 9.96. The fraction of sp³-hybridized carbons (Fsp3) is 0.988. The summed E-state index contributed by atoms with van der Waals surface area (Å²) in [7, 11) is 0. The summed E-state index contributed by atoms with van der Waals surface area (Å²) < 4.78 is 34.5. The number of ether oxygens (including phenoxy) is 6. The molecule has 17 atom stereocenters. The molecule has 3 fully saturated rings. The van der Waals surface area contributed by atoms with Gasteiger partial charge in [0.1, 0.15) is 73.2 Å². The zero-order valence-corrected chi connectivity index (χ0v) is 64.4. The molecule has 1 amide bonds. The maximum absolute atomic E-state index is 13.5. The molecule has 19 heteroatoms. The second-order valence-corrected chi connectivity index (χ2v) is 31.0. The number of hydrogen-bond donors (Lipinski definition) is 12. The molecule has 17 unspecified atom stereocenters. The van der Waals surface area contributed by atoms with Gasteiger partial charge < -0.3 is 89.9 Å². The molecule has 12 N–H and O–H groups in total. The standard InChI is InChI=1S/C82H159NO18/c1-3-5-7-9-11-13-15-17-19-21-23-25-26-27-28-29-30-31-32-33-34-35-36-37-38-39-40-42-44-46-48-50-52-54-56-58-60-70(88)83-65(66(87)59-57-55-53-51-49-47-45-43-41-24-22-20-18-16-14-12-10-8-6-4-2)64-96-80-76(94)73(91)78(68(62-85)98-80)101-82-77(95)74(92)79(69(63-86)99-82)100-81-75(93)72(90)71(89)67(61-84)97-81/h65-69,71-82,84-87,89-95H,3-64H2,1-2H3,(H,83,88). The van der Waals surface area contributed by atoms with E-state index in [1.54, 1.807) is 0 Å². The highest BCUT2D eigenvalue weighted by Crippen LogP contribution is 2.34. The average Bonchev–Trinajstić information content (AvgIpc) is 0.783. The van der Waals surface area contributed by atoms with Crippen molar-refractivity contribution in [1.82, 2.24) is 5.32 Å². The Bertz CT molecular complexity index is 1820. The molecular formula is C82H159NO18. The van der Waals surface area contributed by atoms with E-state index in [1.165, 1.54) is 308 Å². The fourth-order valence-electron chi connectivity index (χ4n) is 15.1. The van der Waals surface area contributed by atoms with Gasteiger partial charge in [0.25, 0.3) is 0 Å². The van der Waals surface area contributed by atoms with Crippen molar-refractivity contribution in [3.05, 3.63) is 0 Å². The molecule has 600 valence electrons. The van der Waals surface area contributed by atoms with Crippen LogP contribution in [0.1, 0.15) is 386 Å². The molecule has 0 saturated carbocycles. The van der Waals surface area contributed by atoms with Crippen molar-refractivity contribution in [3.63, 3.8) is 0 Å². The topological polar surface area (TPSA) is 307 Å². The molecule has 3 saturated heterocycles. The van der Waals surface area contributed by atoms with E-state index in [9.17, 15) is 61.0 Å². The highest BCUT2D eigenvalue weighted by Gasteiger charge is 2.54. The van der Waals surface area contributed by atoms with E-state index in [-0.39, 0.29) is 18.9 Å². The second-order valence-electron chi connectivity index (χ2n) is 31.0. The first-order valence-corrected chi connectivity index (χ1v) is 42.8. The summed E-state index contributed by atoms with van der Waals surface area (Å²) >= 11 is 0. The van der Waals surface area contributed by atoms with Gasteiger partial charge in [-0.05, 0) is 12.8 Å². The minimum atomic E-state index is -1.97. The third kappa shape index (κ3) is 43.5. The van der Waals surface area contributed by atoms with Crippen molar-refractivity contribution in [2.24, 2.45) is 0 Å². The third-order valence-electron chi connectivity index (χ3n) is 21.9. The Kier molecular flexibility index (Phi) is 59.3. The summed E-state index contributed by atoms with van der Waals surface area (Å²) in [6.45, 7) is 1.88. The largest absolute Gasteiger partial charge is 0.394 e. The van der Waals surface area contributed by atoms with Crippen LogP contribution < -0.4 is 5.32 Å². The second kappa shape index (κ2) is 63.7. The van der Waals surface area contributed by atoms with Crippen LogP contribution in [0.25, 0.3) is 0 Å². The number of unbranched alkanes of at least 4 members (excludes halogenated alkanes) is 54. The summed E-state index contributed by atoms with van der Waals surface area (Å²) in [6, 6.07) is -0.883. The van der Waals surface area contributed by atoms with Crippen LogP contribution in [0.4, 0.5) is 0 Å². The summed E-state index contributed by atoms with van der Waals surface area (Å²) in [5.41, 5.74) is 0. The Balaban J connectivity index is 1.31. The molecule has 3 aliphatic heterocycles. The monoisotopic (exact) mass is 1450 g/mol. The van der Waals surface area contributed by atoms with Crippen molar-refractivity contribution in [2.75, 3.05) is 26.4 Å². The molecule has 0 aromatic rings. The zero-order valence-electron chi connectivity index (χ0n) is 64.4. The minimum absolute atomic E-state index is 0.232. The van der Waals surface area contributed by atoms with Gasteiger partial charge in [-0.2, -0.15) is 0 Å². The van der Waals surface area contributed by atoms with E-state index in [0.29, 0.717) is 12.8 Å². The van der Waals surface area contributed by atoms with Crippen molar-refractivity contribution >= 4 is 5.91 Å². The number of aliphatic hydroxyl groups excluding tert-OH is 11. The van der Waals surface area contributed by atoms with Crippen LogP contribution >= 0.6 is 0 Å². The van der Waals surface area contributed by atoms with Crippen LogP contribution in [0.2, 0.25) is 0 Å².